The lowest BCUT2D eigenvalue weighted by Gasteiger charge is -2.17. The summed E-state index contributed by atoms with van der Waals surface area (Å²) in [5.41, 5.74) is 8.30. The van der Waals surface area contributed by atoms with Crippen molar-refractivity contribution in [2.45, 2.75) is 0 Å². The van der Waals surface area contributed by atoms with Crippen LogP contribution in [0.15, 0.2) is 146 Å². The zero-order chi connectivity index (χ0) is 27.6. The summed E-state index contributed by atoms with van der Waals surface area (Å²) in [6, 6.07) is 46.3. The summed E-state index contributed by atoms with van der Waals surface area (Å²) in [7, 11) is 0. The standard InChI is InChI=1S/C40H24N2/c1-4-25-21-23-41-24-37(25)31(7-1)26-9-11-27(12-10-26)32-17-13-28-16-20-35-33(18-14-29-15-19-34(32)38(28)39(29)35)36-8-2-5-30-6-3-22-42-40(30)36/h1-24H. The van der Waals surface area contributed by atoms with Crippen molar-refractivity contribution < 1.29 is 0 Å². The van der Waals surface area contributed by atoms with Crippen molar-refractivity contribution in [2.75, 3.05) is 0 Å². The van der Waals surface area contributed by atoms with E-state index in [-0.39, 0.29) is 0 Å². The quantitative estimate of drug-likeness (QED) is 0.212. The highest BCUT2D eigenvalue weighted by atomic mass is 14.6. The van der Waals surface area contributed by atoms with Crippen LogP contribution >= 0.6 is 0 Å². The molecule has 2 nitrogen and oxygen atoms in total. The lowest BCUT2D eigenvalue weighted by molar-refractivity contribution is 1.36. The summed E-state index contributed by atoms with van der Waals surface area (Å²) in [6.07, 6.45) is 5.70. The van der Waals surface area contributed by atoms with E-state index in [1.54, 1.807) is 0 Å². The predicted molar refractivity (Wildman–Crippen MR) is 177 cm³/mol. The normalized spacial score (nSPS) is 11.8. The molecule has 2 heteroatoms. The molecular formula is C40H24N2. The minimum atomic E-state index is 1.04. The van der Waals surface area contributed by atoms with E-state index >= 15 is 0 Å². The van der Waals surface area contributed by atoms with Gasteiger partial charge >= 0.3 is 0 Å². The first kappa shape index (κ1) is 23.1. The number of benzene rings is 7. The van der Waals surface area contributed by atoms with Gasteiger partial charge in [0.2, 0.25) is 0 Å². The highest BCUT2D eigenvalue weighted by Crippen LogP contribution is 2.43. The molecule has 0 radical (unpaired) electrons. The lowest BCUT2D eigenvalue weighted by Crippen LogP contribution is -1.91. The van der Waals surface area contributed by atoms with Crippen molar-refractivity contribution >= 4 is 54.0 Å². The van der Waals surface area contributed by atoms with Crippen molar-refractivity contribution in [1.82, 2.24) is 9.97 Å². The molecule has 0 saturated heterocycles. The molecule has 2 aromatic heterocycles. The number of para-hydroxylation sites is 1. The number of aromatic nitrogens is 2. The Morgan fingerprint density at radius 2 is 0.952 bits per heavy atom. The summed E-state index contributed by atoms with van der Waals surface area (Å²) in [5.74, 6) is 0. The third-order valence-corrected chi connectivity index (χ3v) is 8.78. The highest BCUT2D eigenvalue weighted by molar-refractivity contribution is 6.28. The summed E-state index contributed by atoms with van der Waals surface area (Å²) < 4.78 is 0. The summed E-state index contributed by atoms with van der Waals surface area (Å²) in [4.78, 5) is 9.14. The van der Waals surface area contributed by atoms with Crippen molar-refractivity contribution in [3.63, 3.8) is 0 Å². The largest absolute Gasteiger partial charge is 0.264 e. The van der Waals surface area contributed by atoms with Gasteiger partial charge in [-0.05, 0) is 77.7 Å². The van der Waals surface area contributed by atoms with Crippen molar-refractivity contribution in [3.8, 4) is 33.4 Å². The number of hydrogen-bond donors (Lipinski definition) is 0. The number of rotatable bonds is 3. The van der Waals surface area contributed by atoms with E-state index in [2.05, 4.69) is 126 Å². The Hall–Kier alpha value is -5.60. The van der Waals surface area contributed by atoms with Crippen LogP contribution in [0, 0.1) is 0 Å². The molecule has 0 aliphatic heterocycles. The van der Waals surface area contributed by atoms with Gasteiger partial charge in [0.05, 0.1) is 5.52 Å². The lowest BCUT2D eigenvalue weighted by atomic mass is 9.86. The fourth-order valence-corrected chi connectivity index (χ4v) is 6.80. The first-order valence-electron chi connectivity index (χ1n) is 14.3. The molecule has 0 amide bonds. The fourth-order valence-electron chi connectivity index (χ4n) is 6.80. The minimum absolute atomic E-state index is 1.04. The van der Waals surface area contributed by atoms with Crippen LogP contribution in [0.4, 0.5) is 0 Å². The SMILES string of the molecule is c1cc(-c2ccc(-c3ccc4ccc5c(-c6cccc7cccnc67)ccc6ccc3c4c65)cc2)c2cnccc2c1. The van der Waals surface area contributed by atoms with Gasteiger partial charge in [-0.15, -0.1) is 0 Å². The van der Waals surface area contributed by atoms with Crippen LogP contribution in [0.2, 0.25) is 0 Å². The topological polar surface area (TPSA) is 25.8 Å². The van der Waals surface area contributed by atoms with Gasteiger partial charge in [0.1, 0.15) is 0 Å². The molecule has 0 N–H and O–H groups in total. The maximum atomic E-state index is 4.76. The van der Waals surface area contributed by atoms with Gasteiger partial charge in [0.25, 0.3) is 0 Å². The van der Waals surface area contributed by atoms with Crippen LogP contribution in [0.25, 0.3) is 87.4 Å². The Balaban J connectivity index is 1.24. The number of hydrogen-bond acceptors (Lipinski definition) is 2. The first-order valence-corrected chi connectivity index (χ1v) is 14.3. The van der Waals surface area contributed by atoms with Crippen LogP contribution < -0.4 is 0 Å². The van der Waals surface area contributed by atoms with Gasteiger partial charge in [-0.25, -0.2) is 0 Å². The van der Waals surface area contributed by atoms with E-state index in [9.17, 15) is 0 Å². The van der Waals surface area contributed by atoms with Crippen LogP contribution in [0.5, 0.6) is 0 Å². The fraction of sp³-hybridized carbons (Fsp3) is 0. The second kappa shape index (κ2) is 8.95. The summed E-state index contributed by atoms with van der Waals surface area (Å²) in [6.45, 7) is 0. The van der Waals surface area contributed by atoms with Crippen molar-refractivity contribution in [1.29, 1.82) is 0 Å². The molecule has 194 valence electrons. The van der Waals surface area contributed by atoms with Crippen molar-refractivity contribution in [3.05, 3.63) is 146 Å². The molecule has 0 fully saturated rings. The Bertz CT molecular complexity index is 2450. The van der Waals surface area contributed by atoms with E-state index in [4.69, 9.17) is 4.98 Å². The molecule has 9 rings (SSSR count). The number of pyridine rings is 2. The van der Waals surface area contributed by atoms with Gasteiger partial charge in [-0.3, -0.25) is 9.97 Å². The molecule has 0 unspecified atom stereocenters. The average Bonchev–Trinajstić information content (AvgIpc) is 3.06. The zero-order valence-corrected chi connectivity index (χ0v) is 22.8. The number of fused-ring (bicyclic) bond motifs is 2. The third-order valence-electron chi connectivity index (χ3n) is 8.78. The van der Waals surface area contributed by atoms with Crippen LogP contribution in [0.1, 0.15) is 0 Å². The first-order chi connectivity index (χ1) is 20.8. The molecule has 9 aromatic rings. The average molecular weight is 533 g/mol. The predicted octanol–water partition coefficient (Wildman–Crippen LogP) is 10.7. The molecule has 0 aliphatic rings. The highest BCUT2D eigenvalue weighted by Gasteiger charge is 2.16. The molecular weight excluding hydrogens is 508 g/mol. The van der Waals surface area contributed by atoms with E-state index in [0.717, 1.165) is 10.9 Å². The van der Waals surface area contributed by atoms with Crippen LogP contribution in [-0.2, 0) is 0 Å². The maximum Gasteiger partial charge on any atom is 0.0780 e. The molecule has 0 atom stereocenters. The maximum absolute atomic E-state index is 4.76. The van der Waals surface area contributed by atoms with Gasteiger partial charge < -0.3 is 0 Å². The molecule has 0 spiro atoms. The Morgan fingerprint density at radius 1 is 0.357 bits per heavy atom. The minimum Gasteiger partial charge on any atom is -0.264 e. The van der Waals surface area contributed by atoms with E-state index in [0.29, 0.717) is 0 Å². The number of nitrogens with zero attached hydrogens (tertiary/aromatic N) is 2. The van der Waals surface area contributed by atoms with Gasteiger partial charge in [0, 0.05) is 34.9 Å². The molecule has 0 saturated carbocycles. The van der Waals surface area contributed by atoms with E-state index in [1.807, 2.05) is 24.7 Å². The van der Waals surface area contributed by atoms with Crippen LogP contribution in [-0.4, -0.2) is 9.97 Å². The summed E-state index contributed by atoms with van der Waals surface area (Å²) >= 11 is 0. The third kappa shape index (κ3) is 3.39. The van der Waals surface area contributed by atoms with E-state index < -0.39 is 0 Å². The Labute approximate surface area is 242 Å². The van der Waals surface area contributed by atoms with E-state index in [1.165, 1.54) is 76.5 Å². The van der Waals surface area contributed by atoms with Gasteiger partial charge in [-0.1, -0.05) is 115 Å². The smallest absolute Gasteiger partial charge is 0.0780 e. The molecule has 2 heterocycles. The molecule has 0 aliphatic carbocycles. The second-order valence-corrected chi connectivity index (χ2v) is 11.0. The molecule has 42 heavy (non-hydrogen) atoms. The monoisotopic (exact) mass is 532 g/mol. The second-order valence-electron chi connectivity index (χ2n) is 11.0. The zero-order valence-electron chi connectivity index (χ0n) is 22.8. The van der Waals surface area contributed by atoms with Gasteiger partial charge in [-0.2, -0.15) is 0 Å². The Morgan fingerprint density at radius 3 is 1.71 bits per heavy atom. The molecule has 7 aromatic carbocycles. The van der Waals surface area contributed by atoms with Gasteiger partial charge in [0.15, 0.2) is 0 Å². The molecule has 0 bridgehead atoms. The van der Waals surface area contributed by atoms with Crippen molar-refractivity contribution in [2.24, 2.45) is 0 Å². The van der Waals surface area contributed by atoms with Crippen LogP contribution in [0.3, 0.4) is 0 Å². The summed E-state index contributed by atoms with van der Waals surface area (Å²) in [5, 5.41) is 11.2. The Kier molecular flexibility index (Phi) is 4.93.